The number of amides is 1. The maximum Gasteiger partial charge on any atom is 0.226 e. The first-order valence-corrected chi connectivity index (χ1v) is 7.12. The van der Waals surface area contributed by atoms with Gasteiger partial charge in [0.2, 0.25) is 5.91 Å². The molecule has 2 atom stereocenters. The SMILES string of the molecule is CCn1cc(CC(=O)N[C@]23CCC[C@H]2CNC3)nn1. The number of aryl methyl sites for hydroxylation is 1. The van der Waals surface area contributed by atoms with Crippen LogP contribution in [0.3, 0.4) is 0 Å². The predicted molar refractivity (Wildman–Crippen MR) is 70.5 cm³/mol. The molecule has 2 fully saturated rings. The number of nitrogens with zero attached hydrogens (tertiary/aromatic N) is 3. The summed E-state index contributed by atoms with van der Waals surface area (Å²) in [5, 5.41) is 14.6. The highest BCUT2D eigenvalue weighted by Gasteiger charge is 2.47. The summed E-state index contributed by atoms with van der Waals surface area (Å²) in [4.78, 5) is 12.2. The highest BCUT2D eigenvalue weighted by molar-refractivity contribution is 5.79. The van der Waals surface area contributed by atoms with Crippen molar-refractivity contribution in [1.29, 1.82) is 0 Å². The molecule has 0 radical (unpaired) electrons. The summed E-state index contributed by atoms with van der Waals surface area (Å²) in [7, 11) is 0. The molecule has 1 aromatic rings. The van der Waals surface area contributed by atoms with E-state index in [-0.39, 0.29) is 11.4 Å². The third kappa shape index (κ3) is 2.36. The first-order valence-electron chi connectivity index (χ1n) is 7.12. The third-order valence-corrected chi connectivity index (χ3v) is 4.43. The molecule has 1 aromatic heterocycles. The number of aromatic nitrogens is 3. The second-order valence-corrected chi connectivity index (χ2v) is 5.67. The first kappa shape index (κ1) is 12.6. The van der Waals surface area contributed by atoms with Crippen LogP contribution in [0.2, 0.25) is 0 Å². The van der Waals surface area contributed by atoms with Crippen molar-refractivity contribution in [2.24, 2.45) is 5.92 Å². The Morgan fingerprint density at radius 2 is 2.58 bits per heavy atom. The van der Waals surface area contributed by atoms with Gasteiger partial charge in [-0.25, -0.2) is 0 Å². The molecule has 6 heteroatoms. The lowest BCUT2D eigenvalue weighted by Crippen LogP contribution is -2.52. The van der Waals surface area contributed by atoms with Gasteiger partial charge in [-0.15, -0.1) is 5.10 Å². The largest absolute Gasteiger partial charge is 0.349 e. The van der Waals surface area contributed by atoms with Crippen LogP contribution in [0.5, 0.6) is 0 Å². The summed E-state index contributed by atoms with van der Waals surface area (Å²) in [6.45, 7) is 4.73. The van der Waals surface area contributed by atoms with Crippen molar-refractivity contribution >= 4 is 5.91 Å². The van der Waals surface area contributed by atoms with E-state index in [1.54, 1.807) is 4.68 Å². The minimum Gasteiger partial charge on any atom is -0.349 e. The lowest BCUT2D eigenvalue weighted by molar-refractivity contribution is -0.122. The summed E-state index contributed by atoms with van der Waals surface area (Å²) in [5.74, 6) is 0.668. The highest BCUT2D eigenvalue weighted by Crippen LogP contribution is 2.38. The van der Waals surface area contributed by atoms with Gasteiger partial charge in [-0.2, -0.15) is 0 Å². The average molecular weight is 263 g/mol. The molecule has 104 valence electrons. The standard InChI is InChI=1S/C13H21N5O/c1-2-18-8-11(16-17-18)6-12(19)15-13-5-3-4-10(13)7-14-9-13/h8,10,14H,2-7,9H2,1H3,(H,15,19)/t10-,13-/m0/s1. The van der Waals surface area contributed by atoms with Gasteiger partial charge in [0.15, 0.2) is 0 Å². The fourth-order valence-corrected chi connectivity index (χ4v) is 3.41. The monoisotopic (exact) mass is 263 g/mol. The Hall–Kier alpha value is -1.43. The van der Waals surface area contributed by atoms with Crippen molar-refractivity contribution in [1.82, 2.24) is 25.6 Å². The van der Waals surface area contributed by atoms with E-state index in [4.69, 9.17) is 0 Å². The molecule has 6 nitrogen and oxygen atoms in total. The molecule has 2 N–H and O–H groups in total. The van der Waals surface area contributed by atoms with Crippen molar-refractivity contribution < 1.29 is 4.79 Å². The number of rotatable bonds is 4. The van der Waals surface area contributed by atoms with E-state index < -0.39 is 0 Å². The number of hydrogen-bond donors (Lipinski definition) is 2. The number of nitrogens with one attached hydrogen (secondary N) is 2. The van der Waals surface area contributed by atoms with Gasteiger partial charge in [0.1, 0.15) is 0 Å². The van der Waals surface area contributed by atoms with Crippen molar-refractivity contribution in [2.45, 2.75) is 44.7 Å². The summed E-state index contributed by atoms with van der Waals surface area (Å²) in [6.07, 6.45) is 5.71. The number of hydrogen-bond acceptors (Lipinski definition) is 4. The second kappa shape index (κ2) is 4.92. The molecule has 1 aliphatic heterocycles. The van der Waals surface area contributed by atoms with Crippen LogP contribution in [0.4, 0.5) is 0 Å². The van der Waals surface area contributed by atoms with Crippen molar-refractivity contribution in [3.63, 3.8) is 0 Å². The van der Waals surface area contributed by atoms with E-state index in [2.05, 4.69) is 20.9 Å². The van der Waals surface area contributed by atoms with Gasteiger partial charge in [0.25, 0.3) is 0 Å². The van der Waals surface area contributed by atoms with Gasteiger partial charge in [-0.3, -0.25) is 9.48 Å². The van der Waals surface area contributed by atoms with Gasteiger partial charge in [0.05, 0.1) is 17.7 Å². The summed E-state index contributed by atoms with van der Waals surface area (Å²) >= 11 is 0. The lowest BCUT2D eigenvalue weighted by atomic mass is 9.90. The molecule has 3 rings (SSSR count). The predicted octanol–water partition coefficient (Wildman–Crippen LogP) is 0.0988. The molecule has 19 heavy (non-hydrogen) atoms. The van der Waals surface area contributed by atoms with Crippen molar-refractivity contribution in [3.8, 4) is 0 Å². The molecular formula is C13H21N5O. The zero-order valence-electron chi connectivity index (χ0n) is 11.4. The molecule has 1 saturated carbocycles. The topological polar surface area (TPSA) is 71.8 Å². The molecule has 0 aromatic carbocycles. The Bertz CT molecular complexity index is 459. The van der Waals surface area contributed by atoms with Crippen LogP contribution in [0.25, 0.3) is 0 Å². The molecule has 0 unspecified atom stereocenters. The zero-order valence-corrected chi connectivity index (χ0v) is 11.4. The van der Waals surface area contributed by atoms with E-state index in [1.807, 2.05) is 13.1 Å². The molecule has 0 bridgehead atoms. The minimum atomic E-state index is -0.00215. The molecule has 0 spiro atoms. The molecule has 2 aliphatic rings. The fourth-order valence-electron chi connectivity index (χ4n) is 3.41. The minimum absolute atomic E-state index is 0.00215. The van der Waals surface area contributed by atoms with Crippen LogP contribution < -0.4 is 10.6 Å². The Labute approximate surface area is 112 Å². The van der Waals surface area contributed by atoms with E-state index in [1.165, 1.54) is 12.8 Å². The number of carbonyl (C=O) groups is 1. The first-order chi connectivity index (χ1) is 9.22. The number of carbonyl (C=O) groups excluding carboxylic acids is 1. The summed E-state index contributed by atoms with van der Waals surface area (Å²) in [6, 6.07) is 0. The molecule has 2 heterocycles. The zero-order chi connectivity index (χ0) is 13.3. The van der Waals surface area contributed by atoms with Gasteiger partial charge in [-0.1, -0.05) is 11.6 Å². The van der Waals surface area contributed by atoms with E-state index in [0.29, 0.717) is 12.3 Å². The van der Waals surface area contributed by atoms with Gasteiger partial charge in [-0.05, 0) is 25.7 Å². The van der Waals surface area contributed by atoms with Crippen LogP contribution in [-0.2, 0) is 17.8 Å². The van der Waals surface area contributed by atoms with Crippen LogP contribution >= 0.6 is 0 Å². The van der Waals surface area contributed by atoms with Crippen molar-refractivity contribution in [2.75, 3.05) is 13.1 Å². The Kier molecular flexibility index (Phi) is 3.26. The maximum atomic E-state index is 12.2. The molecule has 1 saturated heterocycles. The Morgan fingerprint density at radius 3 is 3.37 bits per heavy atom. The van der Waals surface area contributed by atoms with E-state index in [9.17, 15) is 4.79 Å². The van der Waals surface area contributed by atoms with Crippen LogP contribution in [0, 0.1) is 5.92 Å². The Morgan fingerprint density at radius 1 is 1.68 bits per heavy atom. The van der Waals surface area contributed by atoms with Crippen LogP contribution in [0.1, 0.15) is 31.9 Å². The number of fused-ring (bicyclic) bond motifs is 1. The van der Waals surface area contributed by atoms with E-state index >= 15 is 0 Å². The smallest absolute Gasteiger partial charge is 0.226 e. The fraction of sp³-hybridized carbons (Fsp3) is 0.769. The average Bonchev–Trinajstić information content (AvgIpc) is 3.03. The second-order valence-electron chi connectivity index (χ2n) is 5.67. The Balaban J connectivity index is 1.62. The molecular weight excluding hydrogens is 242 g/mol. The van der Waals surface area contributed by atoms with Gasteiger partial charge in [0, 0.05) is 25.8 Å². The van der Waals surface area contributed by atoms with E-state index in [0.717, 1.165) is 31.7 Å². The van der Waals surface area contributed by atoms with Crippen LogP contribution in [0.15, 0.2) is 6.20 Å². The highest BCUT2D eigenvalue weighted by atomic mass is 16.1. The maximum absolute atomic E-state index is 12.2. The third-order valence-electron chi connectivity index (χ3n) is 4.43. The summed E-state index contributed by atoms with van der Waals surface area (Å²) in [5.41, 5.74) is 0.744. The van der Waals surface area contributed by atoms with Gasteiger partial charge < -0.3 is 10.6 Å². The van der Waals surface area contributed by atoms with Crippen molar-refractivity contribution in [3.05, 3.63) is 11.9 Å². The van der Waals surface area contributed by atoms with Crippen LogP contribution in [-0.4, -0.2) is 39.5 Å². The summed E-state index contributed by atoms with van der Waals surface area (Å²) < 4.78 is 1.75. The lowest BCUT2D eigenvalue weighted by Gasteiger charge is -2.29. The van der Waals surface area contributed by atoms with Gasteiger partial charge >= 0.3 is 0 Å². The molecule has 1 aliphatic carbocycles. The normalized spacial score (nSPS) is 29.4. The quantitative estimate of drug-likeness (QED) is 0.808. The molecule has 1 amide bonds.